The molecule has 0 aromatic heterocycles. The van der Waals surface area contributed by atoms with Crippen LogP contribution in [0.25, 0.3) is 0 Å². The molecule has 150 valence electrons. The summed E-state index contributed by atoms with van der Waals surface area (Å²) >= 11 is 0. The third-order valence-corrected chi connectivity index (χ3v) is 9.72. The average Bonchev–Trinajstić information content (AvgIpc) is 3.38. The number of fused-ring (bicyclic) bond motifs is 6. The predicted molar refractivity (Wildman–Crippen MR) is 101 cm³/mol. The summed E-state index contributed by atoms with van der Waals surface area (Å²) in [5.41, 5.74) is 2.15. The van der Waals surface area contributed by atoms with Crippen molar-refractivity contribution in [2.75, 3.05) is 26.4 Å². The molecule has 0 bridgehead atoms. The summed E-state index contributed by atoms with van der Waals surface area (Å²) < 4.78 is 24.7. The van der Waals surface area contributed by atoms with Gasteiger partial charge in [0.25, 0.3) is 0 Å². The maximum atomic E-state index is 6.28. The molecule has 6 rings (SSSR count). The van der Waals surface area contributed by atoms with Gasteiger partial charge in [0.15, 0.2) is 11.6 Å². The Balaban J connectivity index is 1.32. The van der Waals surface area contributed by atoms with Crippen LogP contribution >= 0.6 is 0 Å². The highest BCUT2D eigenvalue weighted by atomic mass is 16.7. The van der Waals surface area contributed by atoms with Crippen molar-refractivity contribution in [3.63, 3.8) is 0 Å². The lowest BCUT2D eigenvalue weighted by molar-refractivity contribution is -0.243. The average molecular weight is 375 g/mol. The zero-order valence-electron chi connectivity index (χ0n) is 16.9. The minimum atomic E-state index is -0.301. The number of hydrogen-bond donors (Lipinski definition) is 0. The van der Waals surface area contributed by atoms with E-state index >= 15 is 0 Å². The lowest BCUT2D eigenvalue weighted by Gasteiger charge is -2.59. The van der Waals surface area contributed by atoms with Gasteiger partial charge in [0.2, 0.25) is 0 Å². The lowest BCUT2D eigenvalue weighted by Crippen LogP contribution is -2.55. The van der Waals surface area contributed by atoms with E-state index in [1.807, 2.05) is 0 Å². The molecular formula is C23H34O4. The van der Waals surface area contributed by atoms with E-state index in [2.05, 4.69) is 19.9 Å². The molecule has 3 saturated carbocycles. The first kappa shape index (κ1) is 17.4. The van der Waals surface area contributed by atoms with Gasteiger partial charge in [-0.15, -0.1) is 0 Å². The van der Waals surface area contributed by atoms with Crippen molar-refractivity contribution in [1.82, 2.24) is 0 Å². The van der Waals surface area contributed by atoms with Gasteiger partial charge in [-0.05, 0) is 55.3 Å². The van der Waals surface area contributed by atoms with Gasteiger partial charge in [0, 0.05) is 24.7 Å². The Kier molecular flexibility index (Phi) is 3.61. The molecule has 6 aliphatic rings. The van der Waals surface area contributed by atoms with Crippen LogP contribution in [0, 0.1) is 28.6 Å². The van der Waals surface area contributed by atoms with Crippen LogP contribution < -0.4 is 0 Å². The minimum Gasteiger partial charge on any atom is -0.347 e. The largest absolute Gasteiger partial charge is 0.347 e. The Morgan fingerprint density at radius 2 is 1.52 bits per heavy atom. The molecule has 2 spiro atoms. The van der Waals surface area contributed by atoms with Crippen molar-refractivity contribution in [3.05, 3.63) is 11.6 Å². The van der Waals surface area contributed by atoms with Crippen LogP contribution in [0.3, 0.4) is 0 Å². The van der Waals surface area contributed by atoms with Crippen molar-refractivity contribution in [3.8, 4) is 0 Å². The fraction of sp³-hybridized carbons (Fsp3) is 0.913. The molecule has 0 aromatic rings. The van der Waals surface area contributed by atoms with Crippen molar-refractivity contribution < 1.29 is 18.9 Å². The zero-order valence-corrected chi connectivity index (χ0v) is 16.9. The number of allylic oxidation sites excluding steroid dienone is 1. The highest BCUT2D eigenvalue weighted by Gasteiger charge is 2.67. The fourth-order valence-electron chi connectivity index (χ4n) is 8.23. The number of rotatable bonds is 0. The Labute approximate surface area is 162 Å². The molecule has 0 N–H and O–H groups in total. The summed E-state index contributed by atoms with van der Waals surface area (Å²) in [6, 6.07) is 0. The summed E-state index contributed by atoms with van der Waals surface area (Å²) in [4.78, 5) is 0. The van der Waals surface area contributed by atoms with E-state index in [1.54, 1.807) is 5.57 Å². The van der Waals surface area contributed by atoms with Gasteiger partial charge in [-0.25, -0.2) is 0 Å². The topological polar surface area (TPSA) is 36.9 Å². The standard InChI is InChI=1S/C23H34O4/c1-20-9-10-22(24-11-12-25-22)15-16(20)3-4-17-18(20)5-7-21(2)19(17)6-8-23(21)26-13-14-27-23/h3,17-19H,4-15H2,1-2H3/t17-,18+,19+,20+,21+/m1/s1. The first-order valence-corrected chi connectivity index (χ1v) is 11.3. The molecule has 4 heteroatoms. The van der Waals surface area contributed by atoms with Crippen LogP contribution in [0.1, 0.15) is 65.2 Å². The number of ether oxygens (including phenoxy) is 4. The van der Waals surface area contributed by atoms with Crippen LogP contribution in [0.15, 0.2) is 11.6 Å². The molecule has 5 fully saturated rings. The normalized spacial score (nSPS) is 49.7. The maximum absolute atomic E-state index is 6.28. The monoisotopic (exact) mass is 374 g/mol. The molecular weight excluding hydrogens is 340 g/mol. The van der Waals surface area contributed by atoms with Crippen LogP contribution in [0.5, 0.6) is 0 Å². The van der Waals surface area contributed by atoms with Gasteiger partial charge in [0.1, 0.15) is 0 Å². The second kappa shape index (κ2) is 5.59. The smallest absolute Gasteiger partial charge is 0.174 e. The lowest BCUT2D eigenvalue weighted by atomic mass is 9.47. The Morgan fingerprint density at radius 3 is 2.30 bits per heavy atom. The van der Waals surface area contributed by atoms with E-state index in [-0.39, 0.29) is 17.0 Å². The van der Waals surface area contributed by atoms with E-state index in [0.29, 0.717) is 5.41 Å². The SMILES string of the molecule is C[C@]12CCC3(CC1=CC[C@@H]1[C@@H]2CC[C@@]2(C)[C@H]1CCC21OCCO1)OCCO3. The number of hydrogen-bond acceptors (Lipinski definition) is 4. The molecule has 0 amide bonds. The second-order valence-electron chi connectivity index (χ2n) is 10.5. The summed E-state index contributed by atoms with van der Waals surface area (Å²) in [7, 11) is 0. The molecule has 4 nitrogen and oxygen atoms in total. The molecule has 2 saturated heterocycles. The summed E-state index contributed by atoms with van der Waals surface area (Å²) in [6.07, 6.45) is 12.0. The van der Waals surface area contributed by atoms with Gasteiger partial charge in [0.05, 0.1) is 26.4 Å². The third kappa shape index (κ3) is 2.14. The fourth-order valence-corrected chi connectivity index (χ4v) is 8.23. The van der Waals surface area contributed by atoms with E-state index in [9.17, 15) is 0 Å². The van der Waals surface area contributed by atoms with Crippen molar-refractivity contribution in [1.29, 1.82) is 0 Å². The van der Waals surface area contributed by atoms with Crippen LogP contribution in [-0.4, -0.2) is 38.0 Å². The predicted octanol–water partition coefficient (Wildman–Crippen LogP) is 4.44. The van der Waals surface area contributed by atoms with Crippen molar-refractivity contribution >= 4 is 0 Å². The second-order valence-corrected chi connectivity index (χ2v) is 10.5. The van der Waals surface area contributed by atoms with Crippen molar-refractivity contribution in [2.24, 2.45) is 28.6 Å². The van der Waals surface area contributed by atoms with Gasteiger partial charge in [-0.2, -0.15) is 0 Å². The first-order valence-electron chi connectivity index (χ1n) is 11.3. The Hall–Kier alpha value is -0.420. The summed E-state index contributed by atoms with van der Waals surface area (Å²) in [5.74, 6) is 1.73. The van der Waals surface area contributed by atoms with E-state index < -0.39 is 0 Å². The Bertz CT molecular complexity index is 659. The third-order valence-electron chi connectivity index (χ3n) is 9.72. The highest BCUT2D eigenvalue weighted by molar-refractivity contribution is 5.27. The molecule has 0 radical (unpaired) electrons. The molecule has 0 unspecified atom stereocenters. The van der Waals surface area contributed by atoms with E-state index in [0.717, 1.165) is 63.4 Å². The van der Waals surface area contributed by atoms with Gasteiger partial charge in [-0.1, -0.05) is 25.5 Å². The molecule has 0 aromatic carbocycles. The van der Waals surface area contributed by atoms with Crippen LogP contribution in [-0.2, 0) is 18.9 Å². The molecule has 2 heterocycles. The summed E-state index contributed by atoms with van der Waals surface area (Å²) in [6.45, 7) is 8.11. The summed E-state index contributed by atoms with van der Waals surface area (Å²) in [5, 5.41) is 0. The van der Waals surface area contributed by atoms with Gasteiger partial charge in [-0.3, -0.25) is 0 Å². The first-order chi connectivity index (χ1) is 13.0. The molecule has 2 aliphatic heterocycles. The van der Waals surface area contributed by atoms with Gasteiger partial charge >= 0.3 is 0 Å². The van der Waals surface area contributed by atoms with Crippen molar-refractivity contribution in [2.45, 2.75) is 76.8 Å². The molecule has 5 atom stereocenters. The Morgan fingerprint density at radius 1 is 0.815 bits per heavy atom. The quantitative estimate of drug-likeness (QED) is 0.588. The molecule has 4 aliphatic carbocycles. The van der Waals surface area contributed by atoms with E-state index in [4.69, 9.17) is 18.9 Å². The molecule has 27 heavy (non-hydrogen) atoms. The van der Waals surface area contributed by atoms with E-state index in [1.165, 1.54) is 32.1 Å². The zero-order chi connectivity index (χ0) is 18.3. The highest BCUT2D eigenvalue weighted by Crippen LogP contribution is 2.69. The maximum Gasteiger partial charge on any atom is 0.174 e. The van der Waals surface area contributed by atoms with Crippen LogP contribution in [0.4, 0.5) is 0 Å². The van der Waals surface area contributed by atoms with Gasteiger partial charge < -0.3 is 18.9 Å². The van der Waals surface area contributed by atoms with Crippen LogP contribution in [0.2, 0.25) is 0 Å². The minimum absolute atomic E-state index is 0.194.